The third kappa shape index (κ3) is 7.42. The molecule has 0 bridgehead atoms. The molecule has 0 aliphatic heterocycles. The Morgan fingerprint density at radius 1 is 1.86 bits per heavy atom. The van der Waals surface area contributed by atoms with Crippen LogP contribution in [0, 0.1) is 0 Å². The molecule has 3 heteroatoms. The second kappa shape index (κ2) is 5.55. The maximum atomic E-state index is 5.50. The van der Waals surface area contributed by atoms with Gasteiger partial charge in [-0.25, -0.2) is 0 Å². The normalized spacial score (nSPS) is 14.7. The molecule has 0 spiro atoms. The molecule has 0 saturated carbocycles. The summed E-state index contributed by atoms with van der Waals surface area (Å²) in [5.41, 5.74) is 5.50. The summed E-state index contributed by atoms with van der Waals surface area (Å²) >= 11 is 2.86. The zero-order chi connectivity index (χ0) is 5.70. The van der Waals surface area contributed by atoms with Gasteiger partial charge in [0.1, 0.15) is 0 Å². The van der Waals surface area contributed by atoms with Gasteiger partial charge >= 0.3 is 69.4 Å². The fraction of sp³-hybridized carbons (Fsp3) is 1.00. The summed E-state index contributed by atoms with van der Waals surface area (Å²) in [5, 5.41) is 0. The van der Waals surface area contributed by atoms with Crippen LogP contribution >= 0.6 is 22.6 Å². The van der Waals surface area contributed by atoms with Gasteiger partial charge in [-0.15, -0.1) is 0 Å². The van der Waals surface area contributed by atoms with Crippen LogP contribution in [0.4, 0.5) is 0 Å². The molecule has 1 nitrogen and oxygen atoms in total. The fourth-order valence-electron chi connectivity index (χ4n) is 0.213. The Morgan fingerprint density at radius 3 is 2.57 bits per heavy atom. The molecule has 1 atom stereocenters. The summed E-state index contributed by atoms with van der Waals surface area (Å²) < 4.78 is 2.62. The van der Waals surface area contributed by atoms with Crippen molar-refractivity contribution in [1.82, 2.24) is 0 Å². The fourth-order valence-corrected chi connectivity index (χ4v) is 3.01. The van der Waals surface area contributed by atoms with Crippen molar-refractivity contribution in [2.75, 3.05) is 6.86 Å². The van der Waals surface area contributed by atoms with Crippen molar-refractivity contribution in [2.45, 2.75) is 13.0 Å². The van der Waals surface area contributed by atoms with Crippen molar-refractivity contribution in [3.05, 3.63) is 0 Å². The molecule has 2 N–H and O–H groups in total. The van der Waals surface area contributed by atoms with Gasteiger partial charge in [-0.05, 0) is 0 Å². The molecule has 0 aliphatic rings. The van der Waals surface area contributed by atoms with E-state index in [0.717, 1.165) is 0 Å². The van der Waals surface area contributed by atoms with Gasteiger partial charge in [0, 0.05) is 0 Å². The van der Waals surface area contributed by atoms with E-state index in [1.807, 2.05) is 0 Å². The first-order valence-corrected chi connectivity index (χ1v) is 6.70. The van der Waals surface area contributed by atoms with E-state index >= 15 is 0 Å². The van der Waals surface area contributed by atoms with Crippen molar-refractivity contribution >= 4 is 22.6 Å². The molecule has 7 heavy (non-hydrogen) atoms. The summed E-state index contributed by atoms with van der Waals surface area (Å²) in [6.45, 7) is 2.08. The predicted octanol–water partition coefficient (Wildman–Crippen LogP) is -2.18. The predicted molar refractivity (Wildman–Crippen MR) is 37.4 cm³/mol. The van der Waals surface area contributed by atoms with E-state index in [1.165, 1.54) is 6.86 Å². The van der Waals surface area contributed by atoms with E-state index < -0.39 is 0 Å². The SMILES string of the molecule is CC(N)C[I-]CI. The van der Waals surface area contributed by atoms with Crippen molar-refractivity contribution in [3.63, 3.8) is 0 Å². The first-order valence-electron chi connectivity index (χ1n) is 2.12. The Balaban J connectivity index is 2.68. The summed E-state index contributed by atoms with van der Waals surface area (Å²) in [6.07, 6.45) is 0. The van der Waals surface area contributed by atoms with Crippen LogP contribution in [-0.2, 0) is 0 Å². The van der Waals surface area contributed by atoms with Crippen LogP contribution in [0.3, 0.4) is 0 Å². The molecule has 0 saturated heterocycles. The van der Waals surface area contributed by atoms with Crippen molar-refractivity contribution in [1.29, 1.82) is 0 Å². The van der Waals surface area contributed by atoms with Crippen molar-refractivity contribution < 1.29 is 21.2 Å². The van der Waals surface area contributed by atoms with Gasteiger partial charge in [-0.2, -0.15) is 0 Å². The Bertz CT molecular complexity index is 38.7. The van der Waals surface area contributed by atoms with Gasteiger partial charge < -0.3 is 0 Å². The summed E-state index contributed by atoms with van der Waals surface area (Å²) in [4.78, 5) is 0. The molecule has 46 valence electrons. The van der Waals surface area contributed by atoms with Gasteiger partial charge in [0.2, 0.25) is 0 Å². The molecule has 0 aliphatic carbocycles. The topological polar surface area (TPSA) is 26.0 Å². The Hall–Kier alpha value is 1.42. The quantitative estimate of drug-likeness (QED) is 0.463. The zero-order valence-corrected chi connectivity index (χ0v) is 8.64. The average molecular weight is 326 g/mol. The third-order valence-corrected chi connectivity index (χ3v) is 5.58. The molecule has 1 unspecified atom stereocenters. The van der Waals surface area contributed by atoms with Gasteiger partial charge in [0.25, 0.3) is 0 Å². The summed E-state index contributed by atoms with van der Waals surface area (Å²) in [5.74, 6) is 0. The standard InChI is InChI=1S/C4H10I2N/c1-4(7)2-6-3-5/h4H,2-3,7H2,1H3/q-1. The monoisotopic (exact) mass is 326 g/mol. The van der Waals surface area contributed by atoms with Crippen LogP contribution in [-0.4, -0.2) is 12.9 Å². The molecular formula is C4H10I2N-. The van der Waals surface area contributed by atoms with E-state index in [9.17, 15) is 0 Å². The summed E-state index contributed by atoms with van der Waals surface area (Å²) in [6, 6.07) is 0.447. The van der Waals surface area contributed by atoms with E-state index in [1.54, 1.807) is 0 Å². The van der Waals surface area contributed by atoms with E-state index in [4.69, 9.17) is 5.73 Å². The van der Waals surface area contributed by atoms with Crippen LogP contribution in [0.5, 0.6) is 0 Å². The first kappa shape index (κ1) is 8.42. The van der Waals surface area contributed by atoms with Crippen molar-refractivity contribution in [3.8, 4) is 0 Å². The number of hydrogen-bond donors (Lipinski definition) is 1. The van der Waals surface area contributed by atoms with Crippen LogP contribution in [0.2, 0.25) is 0 Å². The van der Waals surface area contributed by atoms with E-state index in [-0.39, 0.29) is 0 Å². The van der Waals surface area contributed by atoms with Gasteiger partial charge in [-0.3, -0.25) is 0 Å². The maximum absolute atomic E-state index is 5.50. The first-order chi connectivity index (χ1) is 3.27. The van der Waals surface area contributed by atoms with E-state index in [2.05, 4.69) is 29.5 Å². The molecular weight excluding hydrogens is 316 g/mol. The van der Waals surface area contributed by atoms with Crippen LogP contribution < -0.4 is 26.9 Å². The minimum absolute atomic E-state index is 0.447. The van der Waals surface area contributed by atoms with Gasteiger partial charge in [0.15, 0.2) is 0 Å². The van der Waals surface area contributed by atoms with Gasteiger partial charge in [0.05, 0.1) is 0 Å². The molecule has 0 aromatic rings. The molecule has 0 amide bonds. The molecule has 0 rings (SSSR count). The van der Waals surface area contributed by atoms with Crippen LogP contribution in [0.25, 0.3) is 0 Å². The van der Waals surface area contributed by atoms with Crippen molar-refractivity contribution in [2.24, 2.45) is 5.73 Å². The molecule has 0 heterocycles. The van der Waals surface area contributed by atoms with E-state index in [0.29, 0.717) is 27.2 Å². The zero-order valence-electron chi connectivity index (χ0n) is 4.32. The number of rotatable bonds is 3. The second-order valence-corrected chi connectivity index (χ2v) is 7.83. The number of halogens is 2. The van der Waals surface area contributed by atoms with Crippen LogP contribution in [0.15, 0.2) is 0 Å². The molecule has 0 fully saturated rings. The minimum atomic E-state index is 0.447. The van der Waals surface area contributed by atoms with Gasteiger partial charge in [-0.1, -0.05) is 0 Å². The Labute approximate surface area is 68.8 Å². The van der Waals surface area contributed by atoms with Crippen LogP contribution in [0.1, 0.15) is 6.92 Å². The second-order valence-electron chi connectivity index (χ2n) is 1.42. The number of hydrogen-bond acceptors (Lipinski definition) is 1. The number of nitrogens with two attached hydrogens (primary N) is 1. The Morgan fingerprint density at radius 2 is 2.43 bits per heavy atom. The summed E-state index contributed by atoms with van der Waals surface area (Å²) in [7, 11) is 0. The Kier molecular flexibility index (Phi) is 6.68. The molecule has 0 aromatic carbocycles. The molecule has 0 radical (unpaired) electrons. The number of alkyl halides is 3. The average Bonchev–Trinajstić information content (AvgIpc) is 1.61. The third-order valence-electron chi connectivity index (χ3n) is 0.424. The molecule has 0 aromatic heterocycles.